The van der Waals surface area contributed by atoms with E-state index in [0.29, 0.717) is 5.56 Å². The van der Waals surface area contributed by atoms with Crippen molar-refractivity contribution in [1.29, 1.82) is 0 Å². The number of benzene rings is 2. The summed E-state index contributed by atoms with van der Waals surface area (Å²) >= 11 is 0. The molecule has 0 aliphatic carbocycles. The summed E-state index contributed by atoms with van der Waals surface area (Å²) in [7, 11) is 0. The second kappa shape index (κ2) is 6.78. The van der Waals surface area contributed by atoms with Gasteiger partial charge in [0, 0.05) is 36.0 Å². The van der Waals surface area contributed by atoms with Crippen LogP contribution in [0.25, 0.3) is 0 Å². The molecule has 0 saturated carbocycles. The number of anilines is 1. The monoisotopic (exact) mass is 330 g/mol. The maximum Gasteiger partial charge on any atom is 0.255 e. The van der Waals surface area contributed by atoms with Crippen LogP contribution in [0, 0.1) is 11.6 Å². The number of carbonyl (C=O) groups excluding carboxylic acids is 2. The van der Waals surface area contributed by atoms with Crippen LogP contribution in [0.3, 0.4) is 0 Å². The van der Waals surface area contributed by atoms with E-state index in [9.17, 15) is 18.4 Å². The first-order chi connectivity index (χ1) is 11.5. The first-order valence-electron chi connectivity index (χ1n) is 7.70. The molecule has 24 heavy (non-hydrogen) atoms. The lowest BCUT2D eigenvalue weighted by molar-refractivity contribution is 0.0793. The Morgan fingerprint density at radius 3 is 2.33 bits per heavy atom. The number of hydrogen-bond acceptors (Lipinski definition) is 2. The lowest BCUT2D eigenvalue weighted by Crippen LogP contribution is -2.27. The summed E-state index contributed by atoms with van der Waals surface area (Å²) in [4.78, 5) is 26.4. The van der Waals surface area contributed by atoms with Gasteiger partial charge in [-0.15, -0.1) is 0 Å². The molecule has 4 nitrogen and oxygen atoms in total. The zero-order valence-corrected chi connectivity index (χ0v) is 12.9. The van der Waals surface area contributed by atoms with Crippen LogP contribution in [-0.2, 0) is 0 Å². The third-order valence-electron chi connectivity index (χ3n) is 3.94. The van der Waals surface area contributed by atoms with Crippen LogP contribution in [0.5, 0.6) is 0 Å². The summed E-state index contributed by atoms with van der Waals surface area (Å²) in [6, 6.07) is 9.49. The second-order valence-corrected chi connectivity index (χ2v) is 5.66. The van der Waals surface area contributed by atoms with Gasteiger partial charge in [0.25, 0.3) is 11.8 Å². The molecule has 0 unspecified atom stereocenters. The van der Waals surface area contributed by atoms with E-state index in [4.69, 9.17) is 0 Å². The van der Waals surface area contributed by atoms with E-state index in [2.05, 4.69) is 5.32 Å². The Bertz CT molecular complexity index is 786. The first kappa shape index (κ1) is 16.1. The van der Waals surface area contributed by atoms with Crippen molar-refractivity contribution >= 4 is 17.5 Å². The van der Waals surface area contributed by atoms with Gasteiger partial charge in [0.1, 0.15) is 0 Å². The van der Waals surface area contributed by atoms with Gasteiger partial charge in [-0.05, 0) is 43.2 Å². The van der Waals surface area contributed by atoms with Crippen molar-refractivity contribution in [2.24, 2.45) is 0 Å². The van der Waals surface area contributed by atoms with Crippen LogP contribution in [0.15, 0.2) is 42.5 Å². The molecule has 1 heterocycles. The molecule has 1 aliphatic rings. The molecule has 6 heteroatoms. The summed E-state index contributed by atoms with van der Waals surface area (Å²) in [5.41, 5.74) is 0.870. The molecule has 1 fully saturated rings. The van der Waals surface area contributed by atoms with Gasteiger partial charge in [-0.1, -0.05) is 6.07 Å². The smallest absolute Gasteiger partial charge is 0.255 e. The molecule has 1 aliphatic heterocycles. The number of hydrogen-bond donors (Lipinski definition) is 1. The van der Waals surface area contributed by atoms with Gasteiger partial charge in [-0.25, -0.2) is 8.78 Å². The van der Waals surface area contributed by atoms with Gasteiger partial charge >= 0.3 is 0 Å². The number of amides is 2. The molecule has 3 rings (SSSR count). The third kappa shape index (κ3) is 3.42. The highest BCUT2D eigenvalue weighted by Crippen LogP contribution is 2.17. The fraction of sp³-hybridized carbons (Fsp3) is 0.222. The molecule has 2 aromatic carbocycles. The minimum Gasteiger partial charge on any atom is -0.339 e. The Morgan fingerprint density at radius 2 is 1.62 bits per heavy atom. The first-order valence-corrected chi connectivity index (χ1v) is 7.70. The van der Waals surface area contributed by atoms with E-state index in [0.717, 1.165) is 38.1 Å². The molecule has 1 saturated heterocycles. The van der Waals surface area contributed by atoms with Crippen molar-refractivity contribution < 1.29 is 18.4 Å². The van der Waals surface area contributed by atoms with E-state index >= 15 is 0 Å². The predicted octanol–water partition coefficient (Wildman–Crippen LogP) is 3.45. The van der Waals surface area contributed by atoms with Gasteiger partial charge in [0.2, 0.25) is 0 Å². The fourth-order valence-corrected chi connectivity index (χ4v) is 2.67. The van der Waals surface area contributed by atoms with Crippen LogP contribution in [-0.4, -0.2) is 29.8 Å². The number of nitrogens with zero attached hydrogens (tertiary/aromatic N) is 1. The summed E-state index contributed by atoms with van der Waals surface area (Å²) in [6.07, 6.45) is 1.98. The molecule has 0 aromatic heterocycles. The minimum absolute atomic E-state index is 0.102. The largest absolute Gasteiger partial charge is 0.339 e. The number of rotatable bonds is 3. The van der Waals surface area contributed by atoms with Crippen molar-refractivity contribution in [2.45, 2.75) is 12.8 Å². The van der Waals surface area contributed by atoms with Gasteiger partial charge in [-0.2, -0.15) is 0 Å². The van der Waals surface area contributed by atoms with Crippen molar-refractivity contribution in [3.05, 3.63) is 65.2 Å². The van der Waals surface area contributed by atoms with E-state index in [-0.39, 0.29) is 17.2 Å². The molecule has 1 N–H and O–H groups in total. The van der Waals surface area contributed by atoms with Crippen LogP contribution >= 0.6 is 0 Å². The molecule has 0 bridgehead atoms. The second-order valence-electron chi connectivity index (χ2n) is 5.66. The normalized spacial score (nSPS) is 13.8. The van der Waals surface area contributed by atoms with Crippen molar-refractivity contribution in [3.63, 3.8) is 0 Å². The van der Waals surface area contributed by atoms with Crippen LogP contribution in [0.1, 0.15) is 33.6 Å². The fourth-order valence-electron chi connectivity index (χ4n) is 2.67. The van der Waals surface area contributed by atoms with E-state index in [1.807, 2.05) is 0 Å². The standard InChI is InChI=1S/C18H16F2N2O2/c19-15-7-6-14(11-16(15)20)21-17(23)12-4-3-5-13(10-12)18(24)22-8-1-2-9-22/h3-7,10-11H,1-2,8-9H2,(H,21,23). The highest BCUT2D eigenvalue weighted by Gasteiger charge is 2.20. The number of halogens is 2. The number of likely N-dealkylation sites (tertiary alicyclic amines) is 1. The Hall–Kier alpha value is -2.76. The van der Waals surface area contributed by atoms with E-state index in [1.165, 1.54) is 12.1 Å². The van der Waals surface area contributed by atoms with Crippen molar-refractivity contribution in [1.82, 2.24) is 4.90 Å². The highest BCUT2D eigenvalue weighted by molar-refractivity contribution is 6.06. The molecule has 2 amide bonds. The number of carbonyl (C=O) groups is 2. The summed E-state index contributed by atoms with van der Waals surface area (Å²) in [6.45, 7) is 1.45. The summed E-state index contributed by atoms with van der Waals surface area (Å²) in [5.74, 6) is -2.61. The number of nitrogens with one attached hydrogen (secondary N) is 1. The molecule has 2 aromatic rings. The highest BCUT2D eigenvalue weighted by atomic mass is 19.2. The molecular formula is C18H16F2N2O2. The minimum atomic E-state index is -1.04. The van der Waals surface area contributed by atoms with Crippen molar-refractivity contribution in [2.75, 3.05) is 18.4 Å². The van der Waals surface area contributed by atoms with Gasteiger partial charge in [0.05, 0.1) is 0 Å². The van der Waals surface area contributed by atoms with Crippen LogP contribution in [0.2, 0.25) is 0 Å². The predicted molar refractivity (Wildman–Crippen MR) is 85.9 cm³/mol. The lowest BCUT2D eigenvalue weighted by atomic mass is 10.1. The molecular weight excluding hydrogens is 314 g/mol. The van der Waals surface area contributed by atoms with E-state index < -0.39 is 17.5 Å². The van der Waals surface area contributed by atoms with Gasteiger partial charge in [0.15, 0.2) is 11.6 Å². The van der Waals surface area contributed by atoms with Crippen LogP contribution in [0.4, 0.5) is 14.5 Å². The summed E-state index contributed by atoms with van der Waals surface area (Å²) < 4.78 is 26.1. The average Bonchev–Trinajstić information content (AvgIpc) is 3.12. The lowest BCUT2D eigenvalue weighted by Gasteiger charge is -2.15. The molecule has 124 valence electrons. The zero-order chi connectivity index (χ0) is 17.1. The van der Waals surface area contributed by atoms with Gasteiger partial charge < -0.3 is 10.2 Å². The van der Waals surface area contributed by atoms with E-state index in [1.54, 1.807) is 23.1 Å². The van der Waals surface area contributed by atoms with Gasteiger partial charge in [-0.3, -0.25) is 9.59 Å². The Labute approximate surface area is 138 Å². The maximum atomic E-state index is 13.2. The Kier molecular flexibility index (Phi) is 4.55. The maximum absolute atomic E-state index is 13.2. The average molecular weight is 330 g/mol. The zero-order valence-electron chi connectivity index (χ0n) is 12.9. The SMILES string of the molecule is O=C(Nc1ccc(F)c(F)c1)c1cccc(C(=O)N2CCCC2)c1. The molecule has 0 atom stereocenters. The van der Waals surface area contributed by atoms with Crippen LogP contribution < -0.4 is 5.32 Å². The summed E-state index contributed by atoms with van der Waals surface area (Å²) in [5, 5.41) is 2.49. The van der Waals surface area contributed by atoms with Crippen molar-refractivity contribution in [3.8, 4) is 0 Å². The Morgan fingerprint density at radius 1 is 0.917 bits per heavy atom. The quantitative estimate of drug-likeness (QED) is 0.937. The third-order valence-corrected chi connectivity index (χ3v) is 3.94. The Balaban J connectivity index is 1.76. The molecule has 0 spiro atoms. The topological polar surface area (TPSA) is 49.4 Å². The molecule has 0 radical (unpaired) electrons.